The fraction of sp³-hybridized carbons (Fsp3) is 0.500. The Labute approximate surface area is 332 Å². The topological polar surface area (TPSA) is 219 Å². The van der Waals surface area contributed by atoms with Gasteiger partial charge in [-0.25, -0.2) is 14.6 Å². The number of amides is 4. The second kappa shape index (κ2) is 19.6. The Bertz CT molecular complexity index is 1900. The third-order valence-electron chi connectivity index (χ3n) is 10.4. The lowest BCUT2D eigenvalue weighted by atomic mass is 9.70. The molecule has 15 nitrogen and oxygen atoms in total. The number of likely N-dealkylation sites (tertiary alicyclic amines) is 1. The van der Waals surface area contributed by atoms with Crippen LogP contribution in [0.25, 0.3) is 10.9 Å². The number of pyridine rings is 1. The highest BCUT2D eigenvalue weighted by Crippen LogP contribution is 2.40. The van der Waals surface area contributed by atoms with Crippen LogP contribution in [0.15, 0.2) is 66.7 Å². The first-order chi connectivity index (χ1) is 27.2. The first kappa shape index (κ1) is 42.7. The third-order valence-corrected chi connectivity index (χ3v) is 10.4. The summed E-state index contributed by atoms with van der Waals surface area (Å²) in [4.78, 5) is 85.1. The molecule has 5 rings (SSSR count). The molecule has 57 heavy (non-hydrogen) atoms. The van der Waals surface area contributed by atoms with E-state index < -0.39 is 79.1 Å². The molecule has 3 aromatic rings. The van der Waals surface area contributed by atoms with Crippen molar-refractivity contribution < 1.29 is 43.3 Å². The number of carbonyl (C=O) groups excluding carboxylic acids is 5. The molecule has 2 aliphatic rings. The van der Waals surface area contributed by atoms with Crippen LogP contribution in [0.5, 0.6) is 0 Å². The number of nitrogens with zero attached hydrogens (tertiary/aromatic N) is 2. The number of aliphatic carboxylic acids is 1. The van der Waals surface area contributed by atoms with Crippen LogP contribution in [-0.4, -0.2) is 107 Å². The molecule has 6 atom stereocenters. The number of carboxylic acid groups (broad SMARTS) is 1. The van der Waals surface area contributed by atoms with Crippen molar-refractivity contribution >= 4 is 46.5 Å². The standard InChI is InChI=1S/C42H54N6O9/c1-42(2,3)47-41(55)38-29-15-9-7-13-27(29)19-20-48(38)23-34(57-37(52)25-56-24-36(50)51)32(21-26-11-5-4-6-12-26)45-40(54)33(22-35(43)49)46-39(53)31-18-17-28-14-8-10-16-30(28)44-31/h4-6,8,10-12,14,16-18,27,29,32-34,38H,7,9,13,15,19-25H2,1-3H3,(H2,43,49)(H,45,54)(H,46,53)(H,47,55)(H,50,51). The average Bonchev–Trinajstić information content (AvgIpc) is 3.16. The van der Waals surface area contributed by atoms with Gasteiger partial charge in [-0.3, -0.25) is 24.1 Å². The zero-order chi connectivity index (χ0) is 41.1. The highest BCUT2D eigenvalue weighted by atomic mass is 16.6. The number of ether oxygens (including phenoxy) is 2. The fourth-order valence-electron chi connectivity index (χ4n) is 7.92. The van der Waals surface area contributed by atoms with Crippen LogP contribution in [0.4, 0.5) is 0 Å². The molecule has 1 saturated carbocycles. The van der Waals surface area contributed by atoms with Gasteiger partial charge in [-0.05, 0) is 76.1 Å². The minimum atomic E-state index is -1.43. The first-order valence-electron chi connectivity index (χ1n) is 19.5. The number of nitrogens with two attached hydrogens (primary N) is 1. The van der Waals surface area contributed by atoms with Crippen molar-refractivity contribution in [3.63, 3.8) is 0 Å². The molecule has 306 valence electrons. The molecule has 4 amide bonds. The van der Waals surface area contributed by atoms with Crippen LogP contribution in [0, 0.1) is 11.8 Å². The summed E-state index contributed by atoms with van der Waals surface area (Å²) in [7, 11) is 0. The molecule has 0 radical (unpaired) electrons. The van der Waals surface area contributed by atoms with Crippen molar-refractivity contribution in [2.24, 2.45) is 17.6 Å². The number of carbonyl (C=O) groups is 6. The first-order valence-corrected chi connectivity index (χ1v) is 19.5. The molecule has 2 aromatic carbocycles. The van der Waals surface area contributed by atoms with Gasteiger partial charge in [0.15, 0.2) is 0 Å². The molecule has 0 spiro atoms. The molecule has 1 aromatic heterocycles. The highest BCUT2D eigenvalue weighted by molar-refractivity contribution is 5.99. The van der Waals surface area contributed by atoms with Gasteiger partial charge in [0.1, 0.15) is 31.1 Å². The minimum Gasteiger partial charge on any atom is -0.480 e. The van der Waals surface area contributed by atoms with E-state index in [1.807, 2.05) is 68.1 Å². The number of primary amides is 1. The van der Waals surface area contributed by atoms with Gasteiger partial charge >= 0.3 is 11.9 Å². The van der Waals surface area contributed by atoms with Crippen LogP contribution in [0.2, 0.25) is 0 Å². The van der Waals surface area contributed by atoms with E-state index in [4.69, 9.17) is 20.3 Å². The molecule has 2 fully saturated rings. The number of nitrogens with one attached hydrogen (secondary N) is 3. The summed E-state index contributed by atoms with van der Waals surface area (Å²) in [6.07, 6.45) is 3.29. The Balaban J connectivity index is 1.47. The number of carboxylic acids is 1. The van der Waals surface area contributed by atoms with Crippen molar-refractivity contribution in [3.05, 3.63) is 78.0 Å². The van der Waals surface area contributed by atoms with Crippen molar-refractivity contribution in [2.45, 2.75) is 95.5 Å². The van der Waals surface area contributed by atoms with Gasteiger partial charge in [0.2, 0.25) is 17.7 Å². The summed E-state index contributed by atoms with van der Waals surface area (Å²) in [5.41, 5.74) is 6.43. The molecular weight excluding hydrogens is 732 g/mol. The summed E-state index contributed by atoms with van der Waals surface area (Å²) in [6.45, 7) is 4.91. The summed E-state index contributed by atoms with van der Waals surface area (Å²) in [5.74, 6) is -4.17. The van der Waals surface area contributed by atoms with E-state index in [0.29, 0.717) is 18.0 Å². The number of hydrogen-bond acceptors (Lipinski definition) is 10. The van der Waals surface area contributed by atoms with Crippen molar-refractivity contribution in [3.8, 4) is 0 Å². The van der Waals surface area contributed by atoms with E-state index in [1.165, 1.54) is 6.07 Å². The van der Waals surface area contributed by atoms with E-state index in [1.54, 1.807) is 18.2 Å². The summed E-state index contributed by atoms with van der Waals surface area (Å²) in [5, 5.41) is 18.6. The van der Waals surface area contributed by atoms with Crippen LogP contribution < -0.4 is 21.7 Å². The molecular formula is C42H54N6O9. The van der Waals surface area contributed by atoms with Crippen LogP contribution >= 0.6 is 0 Å². The Hall–Kier alpha value is -5.41. The number of hydrogen-bond donors (Lipinski definition) is 5. The van der Waals surface area contributed by atoms with Crippen molar-refractivity contribution in [1.29, 1.82) is 0 Å². The maximum Gasteiger partial charge on any atom is 0.332 e. The Morgan fingerprint density at radius 3 is 2.35 bits per heavy atom. The number of aromatic nitrogens is 1. The Morgan fingerprint density at radius 2 is 1.63 bits per heavy atom. The van der Waals surface area contributed by atoms with Gasteiger partial charge in [0, 0.05) is 17.5 Å². The molecule has 0 bridgehead atoms. The molecule has 15 heteroatoms. The third kappa shape index (κ3) is 12.5. The second-order valence-corrected chi connectivity index (χ2v) is 16.0. The molecule has 1 saturated heterocycles. The van der Waals surface area contributed by atoms with Crippen LogP contribution in [0.3, 0.4) is 0 Å². The molecule has 6 N–H and O–H groups in total. The predicted molar refractivity (Wildman–Crippen MR) is 211 cm³/mol. The monoisotopic (exact) mass is 786 g/mol. The van der Waals surface area contributed by atoms with Gasteiger partial charge in [-0.15, -0.1) is 0 Å². The number of fused-ring (bicyclic) bond motifs is 2. The number of rotatable bonds is 17. The highest BCUT2D eigenvalue weighted by Gasteiger charge is 2.45. The summed E-state index contributed by atoms with van der Waals surface area (Å²) >= 11 is 0. The normalized spacial score (nSPS) is 19.9. The lowest BCUT2D eigenvalue weighted by molar-refractivity contribution is -0.161. The summed E-state index contributed by atoms with van der Waals surface area (Å²) < 4.78 is 11.1. The molecule has 2 heterocycles. The van der Waals surface area contributed by atoms with Gasteiger partial charge in [-0.1, -0.05) is 73.9 Å². The van der Waals surface area contributed by atoms with E-state index in [9.17, 15) is 28.8 Å². The fourth-order valence-corrected chi connectivity index (χ4v) is 7.92. The Kier molecular flexibility index (Phi) is 14.7. The molecule has 1 aliphatic carbocycles. The number of benzene rings is 2. The Morgan fingerprint density at radius 1 is 0.912 bits per heavy atom. The quantitative estimate of drug-likeness (QED) is 0.125. The largest absolute Gasteiger partial charge is 0.480 e. The summed E-state index contributed by atoms with van der Waals surface area (Å²) in [6, 6.07) is 16.7. The van der Waals surface area contributed by atoms with Crippen LogP contribution in [-0.2, 0) is 39.9 Å². The zero-order valence-corrected chi connectivity index (χ0v) is 32.8. The minimum absolute atomic E-state index is 0.0238. The van der Waals surface area contributed by atoms with Crippen molar-refractivity contribution in [2.75, 3.05) is 26.3 Å². The smallest absolute Gasteiger partial charge is 0.332 e. The lowest BCUT2D eigenvalue weighted by Gasteiger charge is -2.48. The van der Waals surface area contributed by atoms with E-state index in [2.05, 4.69) is 20.9 Å². The molecule has 1 aliphatic heterocycles. The van der Waals surface area contributed by atoms with E-state index in [0.717, 1.165) is 43.1 Å². The SMILES string of the molecule is CC(C)(C)NC(=O)C1C2CCCCC2CCN1CC(OC(=O)COCC(=O)O)C(Cc1ccccc1)NC(=O)C(CC(N)=O)NC(=O)c1ccc2ccccc2n1. The predicted octanol–water partition coefficient (Wildman–Crippen LogP) is 2.74. The van der Waals surface area contributed by atoms with Gasteiger partial charge < -0.3 is 36.3 Å². The van der Waals surface area contributed by atoms with Crippen molar-refractivity contribution in [1.82, 2.24) is 25.8 Å². The lowest BCUT2D eigenvalue weighted by Crippen LogP contribution is -2.63. The number of piperidine rings is 1. The maximum absolute atomic E-state index is 14.2. The van der Waals surface area contributed by atoms with E-state index in [-0.39, 0.29) is 30.5 Å². The van der Waals surface area contributed by atoms with Crippen LogP contribution in [0.1, 0.15) is 75.3 Å². The molecule has 6 unspecified atom stereocenters. The second-order valence-electron chi connectivity index (χ2n) is 16.0. The van der Waals surface area contributed by atoms with Gasteiger partial charge in [0.05, 0.1) is 24.0 Å². The average molecular weight is 787 g/mol. The van der Waals surface area contributed by atoms with E-state index >= 15 is 0 Å². The number of para-hydroxylation sites is 1. The zero-order valence-electron chi connectivity index (χ0n) is 32.8. The van der Waals surface area contributed by atoms with Gasteiger partial charge in [-0.2, -0.15) is 0 Å². The maximum atomic E-state index is 14.2. The number of esters is 1. The van der Waals surface area contributed by atoms with Gasteiger partial charge in [0.25, 0.3) is 5.91 Å².